The van der Waals surface area contributed by atoms with Crippen molar-refractivity contribution in [1.82, 2.24) is 5.32 Å². The predicted molar refractivity (Wildman–Crippen MR) is 87.5 cm³/mol. The van der Waals surface area contributed by atoms with Crippen molar-refractivity contribution in [2.24, 2.45) is 0 Å². The molecule has 1 N–H and O–H groups in total. The minimum Gasteiger partial charge on any atom is -0.306 e. The molecule has 0 aliphatic rings. The highest BCUT2D eigenvalue weighted by Crippen LogP contribution is 2.26. The zero-order chi connectivity index (χ0) is 15.4. The van der Waals surface area contributed by atoms with Crippen LogP contribution in [0.3, 0.4) is 0 Å². The number of rotatable bonds is 5. The summed E-state index contributed by atoms with van der Waals surface area (Å²) < 4.78 is 1.01. The predicted octanol–water partition coefficient (Wildman–Crippen LogP) is 4.86. The van der Waals surface area contributed by atoms with Crippen molar-refractivity contribution in [2.75, 3.05) is 0 Å². The van der Waals surface area contributed by atoms with E-state index in [0.717, 1.165) is 10.0 Å². The Morgan fingerprint density at radius 3 is 2.71 bits per heavy atom. The number of halogens is 2. The zero-order valence-electron chi connectivity index (χ0n) is 11.3. The third kappa shape index (κ3) is 4.03. The second-order valence-corrected chi connectivity index (χ2v) is 5.95. The van der Waals surface area contributed by atoms with E-state index in [0.29, 0.717) is 17.1 Å². The molecule has 0 spiro atoms. The summed E-state index contributed by atoms with van der Waals surface area (Å²) >= 11 is 9.42. The summed E-state index contributed by atoms with van der Waals surface area (Å²) in [6.45, 7) is 2.38. The minimum absolute atomic E-state index is 0.0548. The third-order valence-corrected chi connectivity index (χ3v) is 4.17. The maximum atomic E-state index is 11.0. The molecule has 0 saturated heterocycles. The fraction of sp³-hybridized carbons (Fsp3) is 0.200. The van der Waals surface area contributed by atoms with Crippen LogP contribution in [0, 0.1) is 10.1 Å². The smallest absolute Gasteiger partial charge is 0.273 e. The number of benzene rings is 2. The molecule has 0 radical (unpaired) electrons. The van der Waals surface area contributed by atoms with Gasteiger partial charge in [-0.1, -0.05) is 45.7 Å². The van der Waals surface area contributed by atoms with Gasteiger partial charge in [0.25, 0.3) is 5.69 Å². The van der Waals surface area contributed by atoms with Crippen molar-refractivity contribution < 1.29 is 4.92 Å². The maximum Gasteiger partial charge on any atom is 0.273 e. The lowest BCUT2D eigenvalue weighted by atomic mass is 10.1. The molecule has 2 aromatic rings. The largest absolute Gasteiger partial charge is 0.306 e. The molecule has 0 saturated carbocycles. The summed E-state index contributed by atoms with van der Waals surface area (Å²) in [7, 11) is 0. The summed E-state index contributed by atoms with van der Waals surface area (Å²) in [5.41, 5.74) is 1.75. The standard InChI is InChI=1S/C15H14BrClN2O2/c1-10(13-4-2-3-5-14(13)16)18-9-11-8-12(17)6-7-15(11)19(20)21/h2-8,10,18H,9H2,1H3/t10-/m0/s1. The SMILES string of the molecule is C[C@H](NCc1cc(Cl)ccc1[N+](=O)[O-])c1ccccc1Br. The first-order valence-electron chi connectivity index (χ1n) is 6.39. The van der Waals surface area contributed by atoms with Gasteiger partial charge in [0.15, 0.2) is 0 Å². The molecule has 0 aliphatic carbocycles. The van der Waals surface area contributed by atoms with Gasteiger partial charge in [-0.25, -0.2) is 0 Å². The van der Waals surface area contributed by atoms with E-state index in [9.17, 15) is 10.1 Å². The Kier molecular flexibility index (Phi) is 5.33. The summed E-state index contributed by atoms with van der Waals surface area (Å²) in [6.07, 6.45) is 0. The molecular formula is C15H14BrClN2O2. The average molecular weight is 370 g/mol. The fourth-order valence-corrected chi connectivity index (χ4v) is 2.90. The third-order valence-electron chi connectivity index (χ3n) is 3.21. The molecule has 0 fully saturated rings. The van der Waals surface area contributed by atoms with Crippen LogP contribution in [0.2, 0.25) is 5.02 Å². The average Bonchev–Trinajstić information content (AvgIpc) is 2.45. The molecule has 0 heterocycles. The van der Waals surface area contributed by atoms with E-state index < -0.39 is 4.92 Å². The van der Waals surface area contributed by atoms with E-state index in [2.05, 4.69) is 21.2 Å². The molecule has 21 heavy (non-hydrogen) atoms. The molecule has 0 aromatic heterocycles. The molecular weight excluding hydrogens is 356 g/mol. The molecule has 0 bridgehead atoms. The molecule has 0 amide bonds. The van der Waals surface area contributed by atoms with Crippen LogP contribution in [0.15, 0.2) is 46.9 Å². The molecule has 0 aliphatic heterocycles. The van der Waals surface area contributed by atoms with Gasteiger partial charge in [0.2, 0.25) is 0 Å². The summed E-state index contributed by atoms with van der Waals surface area (Å²) in [5.74, 6) is 0. The van der Waals surface area contributed by atoms with Crippen LogP contribution in [0.4, 0.5) is 5.69 Å². The first-order valence-corrected chi connectivity index (χ1v) is 7.56. The van der Waals surface area contributed by atoms with E-state index in [4.69, 9.17) is 11.6 Å². The lowest BCUT2D eigenvalue weighted by Gasteiger charge is -2.16. The van der Waals surface area contributed by atoms with Gasteiger partial charge >= 0.3 is 0 Å². The quantitative estimate of drug-likeness (QED) is 0.605. The molecule has 6 heteroatoms. The summed E-state index contributed by atoms with van der Waals surface area (Å²) in [4.78, 5) is 10.6. The van der Waals surface area contributed by atoms with Crippen molar-refractivity contribution >= 4 is 33.2 Å². The molecule has 110 valence electrons. The van der Waals surface area contributed by atoms with E-state index >= 15 is 0 Å². The van der Waals surface area contributed by atoms with Crippen LogP contribution in [0.5, 0.6) is 0 Å². The van der Waals surface area contributed by atoms with Gasteiger partial charge in [-0.05, 0) is 30.7 Å². The number of hydrogen-bond acceptors (Lipinski definition) is 3. The van der Waals surface area contributed by atoms with Crippen molar-refractivity contribution in [3.8, 4) is 0 Å². The zero-order valence-corrected chi connectivity index (χ0v) is 13.7. The number of nitrogens with one attached hydrogen (secondary N) is 1. The van der Waals surface area contributed by atoms with Crippen molar-refractivity contribution in [2.45, 2.75) is 19.5 Å². The van der Waals surface area contributed by atoms with Crippen molar-refractivity contribution in [3.63, 3.8) is 0 Å². The highest BCUT2D eigenvalue weighted by atomic mass is 79.9. The second kappa shape index (κ2) is 7.02. The van der Waals surface area contributed by atoms with Crippen LogP contribution in [0.1, 0.15) is 24.1 Å². The number of nitro benzene ring substituents is 1. The molecule has 2 aromatic carbocycles. The van der Waals surface area contributed by atoms with Gasteiger partial charge in [-0.3, -0.25) is 10.1 Å². The summed E-state index contributed by atoms with van der Waals surface area (Å²) in [6, 6.07) is 12.5. The lowest BCUT2D eigenvalue weighted by Crippen LogP contribution is -2.19. The molecule has 1 atom stereocenters. The first-order chi connectivity index (χ1) is 9.99. The van der Waals surface area contributed by atoms with Crippen LogP contribution in [0.25, 0.3) is 0 Å². The van der Waals surface area contributed by atoms with Gasteiger partial charge < -0.3 is 5.32 Å². The highest BCUT2D eigenvalue weighted by Gasteiger charge is 2.15. The Hall–Kier alpha value is -1.43. The number of hydrogen-bond donors (Lipinski definition) is 1. The number of nitro groups is 1. The first kappa shape index (κ1) is 15.9. The topological polar surface area (TPSA) is 55.2 Å². The van der Waals surface area contributed by atoms with E-state index in [1.807, 2.05) is 31.2 Å². The normalized spacial score (nSPS) is 12.1. The van der Waals surface area contributed by atoms with E-state index in [-0.39, 0.29) is 11.7 Å². The Morgan fingerprint density at radius 1 is 1.33 bits per heavy atom. The van der Waals surface area contributed by atoms with E-state index in [1.54, 1.807) is 6.07 Å². The fourth-order valence-electron chi connectivity index (χ4n) is 2.07. The molecule has 0 unspecified atom stereocenters. The van der Waals surface area contributed by atoms with Gasteiger partial charge in [-0.15, -0.1) is 0 Å². The Bertz CT molecular complexity index is 664. The van der Waals surface area contributed by atoms with Crippen LogP contribution < -0.4 is 5.32 Å². The number of nitrogens with zero attached hydrogens (tertiary/aromatic N) is 1. The Morgan fingerprint density at radius 2 is 2.05 bits per heavy atom. The Balaban J connectivity index is 2.15. The molecule has 2 rings (SSSR count). The van der Waals surface area contributed by atoms with Gasteiger partial charge in [0.05, 0.1) is 4.92 Å². The van der Waals surface area contributed by atoms with Crippen molar-refractivity contribution in [1.29, 1.82) is 0 Å². The minimum atomic E-state index is -0.392. The van der Waals surface area contributed by atoms with Gasteiger partial charge in [0, 0.05) is 33.7 Å². The summed E-state index contributed by atoms with van der Waals surface area (Å²) in [5, 5.41) is 14.8. The molecule has 4 nitrogen and oxygen atoms in total. The second-order valence-electron chi connectivity index (χ2n) is 4.65. The lowest BCUT2D eigenvalue weighted by molar-refractivity contribution is -0.385. The van der Waals surface area contributed by atoms with Crippen LogP contribution in [-0.4, -0.2) is 4.92 Å². The van der Waals surface area contributed by atoms with Gasteiger partial charge in [0.1, 0.15) is 0 Å². The maximum absolute atomic E-state index is 11.0. The Labute approximate surface area is 136 Å². The highest BCUT2D eigenvalue weighted by molar-refractivity contribution is 9.10. The monoisotopic (exact) mass is 368 g/mol. The van der Waals surface area contributed by atoms with Crippen LogP contribution in [-0.2, 0) is 6.54 Å². The van der Waals surface area contributed by atoms with Gasteiger partial charge in [-0.2, -0.15) is 0 Å². The van der Waals surface area contributed by atoms with Crippen molar-refractivity contribution in [3.05, 3.63) is 73.2 Å². The van der Waals surface area contributed by atoms with E-state index in [1.165, 1.54) is 12.1 Å². The van der Waals surface area contributed by atoms with Crippen LogP contribution >= 0.6 is 27.5 Å².